The summed E-state index contributed by atoms with van der Waals surface area (Å²) in [6, 6.07) is 0. The van der Waals surface area contributed by atoms with Crippen LogP contribution in [-0.2, 0) is 25.7 Å². The zero-order valence-corrected chi connectivity index (χ0v) is 14.3. The molecule has 0 radical (unpaired) electrons. The predicted octanol–water partition coefficient (Wildman–Crippen LogP) is 0.499. The van der Waals surface area contributed by atoms with Crippen molar-refractivity contribution in [3.8, 4) is 0 Å². The highest BCUT2D eigenvalue weighted by Gasteiger charge is 2.29. The SMILES string of the molecule is Cc1ncc([N+](=O)[O-])n1CC(CN1CCCC1=O)OC(=O)CCC(=O)O. The van der Waals surface area contributed by atoms with Crippen molar-refractivity contribution in [1.29, 1.82) is 0 Å². The second-order valence-electron chi connectivity index (χ2n) is 5.98. The maximum Gasteiger partial charge on any atom is 0.342 e. The lowest BCUT2D eigenvalue weighted by atomic mass is 10.3. The van der Waals surface area contributed by atoms with Crippen molar-refractivity contribution in [3.63, 3.8) is 0 Å². The molecule has 1 saturated heterocycles. The van der Waals surface area contributed by atoms with Crippen LogP contribution in [0, 0.1) is 17.0 Å². The molecule has 0 spiro atoms. The van der Waals surface area contributed by atoms with Gasteiger partial charge >= 0.3 is 17.8 Å². The average molecular weight is 368 g/mol. The van der Waals surface area contributed by atoms with E-state index in [1.54, 1.807) is 6.92 Å². The minimum absolute atomic E-state index is 0.0509. The van der Waals surface area contributed by atoms with Gasteiger partial charge in [-0.2, -0.15) is 0 Å². The Labute approximate surface area is 148 Å². The fraction of sp³-hybridized carbons (Fsp3) is 0.600. The number of aryl methyl sites for hydroxylation is 1. The summed E-state index contributed by atoms with van der Waals surface area (Å²) in [6.45, 7) is 2.14. The largest absolute Gasteiger partial charge is 0.481 e. The van der Waals surface area contributed by atoms with Crippen LogP contribution in [0.2, 0.25) is 0 Å². The monoisotopic (exact) mass is 368 g/mol. The quantitative estimate of drug-likeness (QED) is 0.377. The van der Waals surface area contributed by atoms with Crippen molar-refractivity contribution in [2.45, 2.75) is 45.3 Å². The molecule has 0 aliphatic carbocycles. The van der Waals surface area contributed by atoms with Gasteiger partial charge in [0.1, 0.15) is 12.7 Å². The molecular weight excluding hydrogens is 348 g/mol. The van der Waals surface area contributed by atoms with Crippen LogP contribution in [0.25, 0.3) is 0 Å². The second-order valence-corrected chi connectivity index (χ2v) is 5.98. The van der Waals surface area contributed by atoms with Crippen LogP contribution in [0.1, 0.15) is 31.5 Å². The first kappa shape index (κ1) is 19.3. The Morgan fingerprint density at radius 3 is 2.73 bits per heavy atom. The molecule has 1 atom stereocenters. The van der Waals surface area contributed by atoms with E-state index in [0.29, 0.717) is 25.2 Å². The normalized spacial score (nSPS) is 15.1. The van der Waals surface area contributed by atoms with Crippen LogP contribution in [0.3, 0.4) is 0 Å². The van der Waals surface area contributed by atoms with Crippen molar-refractivity contribution < 1.29 is 29.2 Å². The number of hydrogen-bond acceptors (Lipinski definition) is 7. The molecule has 0 aromatic carbocycles. The number of carbonyl (C=O) groups is 3. The third-order valence-corrected chi connectivity index (χ3v) is 4.04. The lowest BCUT2D eigenvalue weighted by Crippen LogP contribution is -2.38. The van der Waals surface area contributed by atoms with E-state index in [4.69, 9.17) is 9.84 Å². The molecule has 1 aliphatic rings. The fourth-order valence-corrected chi connectivity index (χ4v) is 2.76. The summed E-state index contributed by atoms with van der Waals surface area (Å²) in [7, 11) is 0. The van der Waals surface area contributed by atoms with E-state index >= 15 is 0 Å². The van der Waals surface area contributed by atoms with E-state index in [0.717, 1.165) is 6.20 Å². The van der Waals surface area contributed by atoms with Crippen molar-refractivity contribution in [2.24, 2.45) is 0 Å². The summed E-state index contributed by atoms with van der Waals surface area (Å²) in [6.07, 6.45) is 0.681. The highest BCUT2D eigenvalue weighted by atomic mass is 16.6. The number of nitrogens with zero attached hydrogens (tertiary/aromatic N) is 4. The van der Waals surface area contributed by atoms with Gasteiger partial charge in [0.2, 0.25) is 5.91 Å². The van der Waals surface area contributed by atoms with Crippen molar-refractivity contribution in [2.75, 3.05) is 13.1 Å². The molecule has 1 aromatic rings. The number of esters is 1. The average Bonchev–Trinajstić information content (AvgIpc) is 3.12. The van der Waals surface area contributed by atoms with Gasteiger partial charge in [-0.3, -0.25) is 14.4 Å². The third-order valence-electron chi connectivity index (χ3n) is 4.04. The van der Waals surface area contributed by atoms with Crippen LogP contribution < -0.4 is 0 Å². The molecule has 1 amide bonds. The molecule has 1 aliphatic heterocycles. The molecule has 1 fully saturated rings. The van der Waals surface area contributed by atoms with Crippen molar-refractivity contribution in [1.82, 2.24) is 14.5 Å². The van der Waals surface area contributed by atoms with Crippen LogP contribution in [0.5, 0.6) is 0 Å². The first-order valence-electron chi connectivity index (χ1n) is 8.13. The number of carboxylic acids is 1. The van der Waals surface area contributed by atoms with E-state index in [1.807, 2.05) is 0 Å². The molecule has 0 saturated carbocycles. The van der Waals surface area contributed by atoms with Crippen LogP contribution in [-0.4, -0.2) is 61.5 Å². The Kier molecular flexibility index (Phi) is 6.26. The third kappa shape index (κ3) is 5.01. The maximum atomic E-state index is 11.9. The van der Waals surface area contributed by atoms with E-state index in [-0.39, 0.29) is 37.7 Å². The number of carboxylic acid groups (broad SMARTS) is 1. The zero-order valence-electron chi connectivity index (χ0n) is 14.3. The Bertz CT molecular complexity index is 715. The van der Waals surface area contributed by atoms with Crippen molar-refractivity contribution in [3.05, 3.63) is 22.1 Å². The standard InChI is InChI=1S/C15H20N4O7/c1-10-16-7-12(19(24)25)18(10)9-11(8-17-6-2-3-13(17)20)26-15(23)5-4-14(21)22/h7,11H,2-6,8-9H2,1H3,(H,21,22). The second kappa shape index (κ2) is 8.41. The summed E-state index contributed by atoms with van der Waals surface area (Å²) in [5.41, 5.74) is 0. The number of nitro groups is 1. The molecule has 0 bridgehead atoms. The minimum Gasteiger partial charge on any atom is -0.481 e. The van der Waals surface area contributed by atoms with Crippen molar-refractivity contribution >= 4 is 23.7 Å². The van der Waals surface area contributed by atoms with E-state index < -0.39 is 23.0 Å². The molecule has 1 unspecified atom stereocenters. The first-order valence-corrected chi connectivity index (χ1v) is 8.13. The number of amides is 1. The number of ether oxygens (including phenoxy) is 1. The first-order chi connectivity index (χ1) is 12.3. The maximum absolute atomic E-state index is 11.9. The summed E-state index contributed by atoms with van der Waals surface area (Å²) >= 11 is 0. The molecule has 2 heterocycles. The number of hydrogen-bond donors (Lipinski definition) is 1. The molecule has 142 valence electrons. The van der Waals surface area contributed by atoms with Gasteiger partial charge in [0.25, 0.3) is 0 Å². The van der Waals surface area contributed by atoms with E-state index in [1.165, 1.54) is 9.47 Å². The number of carbonyl (C=O) groups excluding carboxylic acids is 2. The molecule has 1 N–H and O–H groups in total. The Morgan fingerprint density at radius 1 is 1.42 bits per heavy atom. The van der Waals surface area contributed by atoms with Gasteiger partial charge in [-0.1, -0.05) is 0 Å². The Morgan fingerprint density at radius 2 is 2.15 bits per heavy atom. The number of imidazole rings is 1. The predicted molar refractivity (Wildman–Crippen MR) is 86.2 cm³/mol. The zero-order chi connectivity index (χ0) is 19.3. The van der Waals surface area contributed by atoms with Crippen LogP contribution in [0.15, 0.2) is 6.20 Å². The Balaban J connectivity index is 2.13. The topological polar surface area (TPSA) is 145 Å². The highest BCUT2D eigenvalue weighted by molar-refractivity contribution is 5.78. The molecular formula is C15H20N4O7. The van der Waals surface area contributed by atoms with Gasteiger partial charge in [0, 0.05) is 19.9 Å². The number of aromatic nitrogens is 2. The van der Waals surface area contributed by atoms with Crippen LogP contribution in [0.4, 0.5) is 5.82 Å². The summed E-state index contributed by atoms with van der Waals surface area (Å²) in [4.78, 5) is 50.3. The van der Waals surface area contributed by atoms with E-state index in [9.17, 15) is 24.5 Å². The van der Waals surface area contributed by atoms with Gasteiger partial charge in [0.05, 0.1) is 19.4 Å². The van der Waals surface area contributed by atoms with Gasteiger partial charge in [0.15, 0.2) is 11.9 Å². The number of aliphatic carboxylic acids is 1. The van der Waals surface area contributed by atoms with E-state index in [2.05, 4.69) is 4.98 Å². The molecule has 26 heavy (non-hydrogen) atoms. The van der Waals surface area contributed by atoms with Gasteiger partial charge in [-0.15, -0.1) is 0 Å². The highest BCUT2D eigenvalue weighted by Crippen LogP contribution is 2.18. The van der Waals surface area contributed by atoms with Gasteiger partial charge in [-0.25, -0.2) is 9.55 Å². The molecule has 11 nitrogen and oxygen atoms in total. The van der Waals surface area contributed by atoms with Crippen LogP contribution >= 0.6 is 0 Å². The summed E-state index contributed by atoms with van der Waals surface area (Å²) in [5.74, 6) is -1.81. The Hall–Kier alpha value is -2.98. The summed E-state index contributed by atoms with van der Waals surface area (Å²) in [5, 5.41) is 19.8. The smallest absolute Gasteiger partial charge is 0.342 e. The lowest BCUT2D eigenvalue weighted by molar-refractivity contribution is -0.392. The molecule has 2 rings (SSSR count). The fourth-order valence-electron chi connectivity index (χ4n) is 2.76. The van der Waals surface area contributed by atoms with Gasteiger partial charge < -0.3 is 24.9 Å². The lowest BCUT2D eigenvalue weighted by Gasteiger charge is -2.23. The summed E-state index contributed by atoms with van der Waals surface area (Å²) < 4.78 is 6.61. The number of likely N-dealkylation sites (tertiary alicyclic amines) is 1. The van der Waals surface area contributed by atoms with Gasteiger partial charge in [-0.05, 0) is 11.3 Å². The number of rotatable bonds is 9. The minimum atomic E-state index is -1.13. The molecule has 11 heteroatoms. The molecule has 1 aromatic heterocycles.